The van der Waals surface area contributed by atoms with Gasteiger partial charge in [-0.3, -0.25) is 5.84 Å². The van der Waals surface area contributed by atoms with Crippen molar-refractivity contribution in [3.8, 4) is 0 Å². The highest BCUT2D eigenvalue weighted by atomic mass is 19.4. The van der Waals surface area contributed by atoms with Crippen molar-refractivity contribution in [2.45, 2.75) is 25.6 Å². The normalized spacial score (nSPS) is 13.4. The molecule has 1 unspecified atom stereocenters. The predicted octanol–water partition coefficient (Wildman–Crippen LogP) is 3.41. The number of nitrogens with two attached hydrogens (primary N) is 1. The highest BCUT2D eigenvalue weighted by Crippen LogP contribution is 2.31. The SMILES string of the molecule is CCc1occc1C(NN)c1ccc(C(F)(F)F)cc1. The Morgan fingerprint density at radius 2 is 1.85 bits per heavy atom. The predicted molar refractivity (Wildman–Crippen MR) is 68.7 cm³/mol. The van der Waals surface area contributed by atoms with Crippen LogP contribution >= 0.6 is 0 Å². The Morgan fingerprint density at radius 3 is 2.35 bits per heavy atom. The van der Waals surface area contributed by atoms with Gasteiger partial charge in [-0.25, -0.2) is 5.43 Å². The van der Waals surface area contributed by atoms with Crippen molar-refractivity contribution in [3.63, 3.8) is 0 Å². The highest BCUT2D eigenvalue weighted by Gasteiger charge is 2.30. The van der Waals surface area contributed by atoms with Crippen molar-refractivity contribution in [2.24, 2.45) is 5.84 Å². The van der Waals surface area contributed by atoms with E-state index in [1.54, 1.807) is 12.3 Å². The van der Waals surface area contributed by atoms with Crippen LogP contribution < -0.4 is 11.3 Å². The molecule has 3 nitrogen and oxygen atoms in total. The molecule has 0 aliphatic carbocycles. The lowest BCUT2D eigenvalue weighted by Crippen LogP contribution is -2.29. The number of hydrogen-bond acceptors (Lipinski definition) is 3. The zero-order valence-electron chi connectivity index (χ0n) is 10.9. The van der Waals surface area contributed by atoms with Crippen molar-refractivity contribution >= 4 is 0 Å². The maximum absolute atomic E-state index is 12.5. The molecule has 2 aromatic rings. The molecule has 1 heterocycles. The third-order valence-electron chi connectivity index (χ3n) is 3.15. The van der Waals surface area contributed by atoms with Crippen LogP contribution in [0.2, 0.25) is 0 Å². The number of aryl methyl sites for hydroxylation is 1. The second-order valence-electron chi connectivity index (χ2n) is 4.37. The first kappa shape index (κ1) is 14.6. The largest absolute Gasteiger partial charge is 0.469 e. The first-order chi connectivity index (χ1) is 9.47. The van der Waals surface area contributed by atoms with Gasteiger partial charge in [-0.2, -0.15) is 13.2 Å². The second-order valence-corrected chi connectivity index (χ2v) is 4.37. The molecule has 0 saturated carbocycles. The minimum Gasteiger partial charge on any atom is -0.469 e. The summed E-state index contributed by atoms with van der Waals surface area (Å²) in [6, 6.07) is 6.29. The maximum atomic E-state index is 12.5. The van der Waals surface area contributed by atoms with Crippen LogP contribution in [0.5, 0.6) is 0 Å². The molecule has 0 amide bonds. The Bertz CT molecular complexity index is 561. The molecule has 2 rings (SSSR count). The Kier molecular flexibility index (Phi) is 4.15. The summed E-state index contributed by atoms with van der Waals surface area (Å²) >= 11 is 0. The van der Waals surface area contributed by atoms with E-state index in [9.17, 15) is 13.2 Å². The van der Waals surface area contributed by atoms with Gasteiger partial charge < -0.3 is 4.42 Å². The van der Waals surface area contributed by atoms with Gasteiger partial charge >= 0.3 is 6.18 Å². The molecule has 3 N–H and O–H groups in total. The van der Waals surface area contributed by atoms with Gasteiger partial charge in [0.15, 0.2) is 0 Å². The average molecular weight is 284 g/mol. The fourth-order valence-corrected chi connectivity index (χ4v) is 2.13. The summed E-state index contributed by atoms with van der Waals surface area (Å²) in [5, 5.41) is 0. The number of alkyl halides is 3. The lowest BCUT2D eigenvalue weighted by Gasteiger charge is -2.17. The number of benzene rings is 1. The number of hydrogen-bond donors (Lipinski definition) is 2. The van der Waals surface area contributed by atoms with E-state index in [4.69, 9.17) is 10.3 Å². The smallest absolute Gasteiger partial charge is 0.416 e. The molecule has 1 atom stereocenters. The van der Waals surface area contributed by atoms with Crippen LogP contribution in [0.4, 0.5) is 13.2 Å². The van der Waals surface area contributed by atoms with E-state index in [-0.39, 0.29) is 0 Å². The topological polar surface area (TPSA) is 51.2 Å². The van der Waals surface area contributed by atoms with Gasteiger partial charge in [-0.05, 0) is 23.8 Å². The standard InChI is InChI=1S/C14H15F3N2O/c1-2-12-11(7-8-20-12)13(19-18)9-3-5-10(6-4-9)14(15,16)17/h3-8,13,19H,2,18H2,1H3. The molecule has 0 fully saturated rings. The molecule has 0 spiro atoms. The summed E-state index contributed by atoms with van der Waals surface area (Å²) in [4.78, 5) is 0. The lowest BCUT2D eigenvalue weighted by molar-refractivity contribution is -0.137. The van der Waals surface area contributed by atoms with Gasteiger partial charge in [0, 0.05) is 12.0 Å². The zero-order valence-corrected chi connectivity index (χ0v) is 10.9. The highest BCUT2D eigenvalue weighted by molar-refractivity contribution is 5.35. The Hall–Kier alpha value is -1.79. The molecule has 108 valence electrons. The molecule has 0 radical (unpaired) electrons. The molecule has 0 saturated heterocycles. The number of nitrogens with one attached hydrogen (secondary N) is 1. The summed E-state index contributed by atoms with van der Waals surface area (Å²) in [7, 11) is 0. The summed E-state index contributed by atoms with van der Waals surface area (Å²) in [6.07, 6.45) is -2.11. The van der Waals surface area contributed by atoms with E-state index in [2.05, 4.69) is 5.43 Å². The second kappa shape index (κ2) is 5.68. The Labute approximate surface area is 114 Å². The number of halogens is 3. The van der Waals surface area contributed by atoms with Crippen molar-refractivity contribution in [3.05, 3.63) is 59.0 Å². The van der Waals surface area contributed by atoms with Crippen LogP contribution in [0.25, 0.3) is 0 Å². The van der Waals surface area contributed by atoms with Crippen LogP contribution in [-0.4, -0.2) is 0 Å². The molecule has 20 heavy (non-hydrogen) atoms. The summed E-state index contributed by atoms with van der Waals surface area (Å²) in [5.74, 6) is 6.29. The number of furan rings is 1. The van der Waals surface area contributed by atoms with Gasteiger partial charge in [0.25, 0.3) is 0 Å². The van der Waals surface area contributed by atoms with Gasteiger partial charge in [-0.1, -0.05) is 19.1 Å². The van der Waals surface area contributed by atoms with Gasteiger partial charge in [0.2, 0.25) is 0 Å². The minimum absolute atomic E-state index is 0.397. The molecule has 0 aliphatic rings. The van der Waals surface area contributed by atoms with Crippen LogP contribution in [0.15, 0.2) is 41.0 Å². The first-order valence-electron chi connectivity index (χ1n) is 6.17. The Morgan fingerprint density at radius 1 is 1.20 bits per heavy atom. The molecule has 6 heteroatoms. The minimum atomic E-state index is -4.34. The Balaban J connectivity index is 2.33. The van der Waals surface area contributed by atoms with Crippen LogP contribution in [0.1, 0.15) is 35.4 Å². The van der Waals surface area contributed by atoms with Crippen molar-refractivity contribution in [1.82, 2.24) is 5.43 Å². The molecular weight excluding hydrogens is 269 g/mol. The van der Waals surface area contributed by atoms with E-state index < -0.39 is 17.8 Å². The van der Waals surface area contributed by atoms with E-state index >= 15 is 0 Å². The van der Waals surface area contributed by atoms with E-state index in [1.807, 2.05) is 6.92 Å². The van der Waals surface area contributed by atoms with Gasteiger partial charge in [0.1, 0.15) is 5.76 Å². The van der Waals surface area contributed by atoms with E-state index in [1.165, 1.54) is 12.1 Å². The lowest BCUT2D eigenvalue weighted by atomic mass is 9.98. The third kappa shape index (κ3) is 2.86. The van der Waals surface area contributed by atoms with Crippen LogP contribution in [0, 0.1) is 0 Å². The molecule has 1 aromatic heterocycles. The third-order valence-corrected chi connectivity index (χ3v) is 3.15. The summed E-state index contributed by atoms with van der Waals surface area (Å²) in [6.45, 7) is 1.93. The number of hydrazine groups is 1. The maximum Gasteiger partial charge on any atom is 0.416 e. The van der Waals surface area contributed by atoms with Crippen molar-refractivity contribution in [2.75, 3.05) is 0 Å². The molecule has 0 bridgehead atoms. The van der Waals surface area contributed by atoms with E-state index in [0.29, 0.717) is 12.0 Å². The van der Waals surface area contributed by atoms with Crippen LogP contribution in [-0.2, 0) is 12.6 Å². The van der Waals surface area contributed by atoms with Crippen molar-refractivity contribution < 1.29 is 17.6 Å². The van der Waals surface area contributed by atoms with Gasteiger partial charge in [0.05, 0.1) is 17.9 Å². The van der Waals surface area contributed by atoms with Gasteiger partial charge in [-0.15, -0.1) is 0 Å². The van der Waals surface area contributed by atoms with Crippen molar-refractivity contribution in [1.29, 1.82) is 0 Å². The zero-order chi connectivity index (χ0) is 14.8. The molecule has 0 aliphatic heterocycles. The quantitative estimate of drug-likeness (QED) is 0.668. The summed E-state index contributed by atoms with van der Waals surface area (Å²) < 4.78 is 42.9. The average Bonchev–Trinajstić information content (AvgIpc) is 2.87. The number of rotatable bonds is 4. The van der Waals surface area contributed by atoms with Crippen LogP contribution in [0.3, 0.4) is 0 Å². The van der Waals surface area contributed by atoms with E-state index in [0.717, 1.165) is 23.5 Å². The molecule has 1 aromatic carbocycles. The fraction of sp³-hybridized carbons (Fsp3) is 0.286. The first-order valence-corrected chi connectivity index (χ1v) is 6.17. The summed E-state index contributed by atoms with van der Waals surface area (Å²) in [5.41, 5.74) is 3.41. The molecular formula is C14H15F3N2O. The fourth-order valence-electron chi connectivity index (χ4n) is 2.13. The monoisotopic (exact) mass is 284 g/mol.